The molecule has 0 aromatic rings. The molecule has 16 heavy (non-hydrogen) atoms. The van der Waals surface area contributed by atoms with E-state index in [4.69, 9.17) is 10.5 Å². The smallest absolute Gasteiger partial charge is 0.100 e. The highest BCUT2D eigenvalue weighted by molar-refractivity contribution is 5.44. The number of hydrogen-bond donors (Lipinski definition) is 0. The van der Waals surface area contributed by atoms with Gasteiger partial charge in [0, 0.05) is 5.57 Å². The Morgan fingerprint density at radius 2 is 1.75 bits per heavy atom. The van der Waals surface area contributed by atoms with E-state index in [1.807, 2.05) is 12.2 Å². The summed E-state index contributed by atoms with van der Waals surface area (Å²) in [6.45, 7) is 0. The van der Waals surface area contributed by atoms with Gasteiger partial charge < -0.3 is 0 Å². The maximum Gasteiger partial charge on any atom is 0.100 e. The zero-order chi connectivity index (χ0) is 11.6. The van der Waals surface area contributed by atoms with Crippen LogP contribution >= 0.6 is 0 Å². The van der Waals surface area contributed by atoms with Gasteiger partial charge >= 0.3 is 0 Å². The van der Waals surface area contributed by atoms with Crippen molar-refractivity contribution in [2.75, 3.05) is 0 Å². The SMILES string of the molecule is N#CC1=C(C#N)CCCCCC/C=C\C=C1. The number of nitriles is 2. The van der Waals surface area contributed by atoms with Crippen LogP contribution in [0.4, 0.5) is 0 Å². The van der Waals surface area contributed by atoms with Gasteiger partial charge in [-0.05, 0) is 31.8 Å². The van der Waals surface area contributed by atoms with Crippen LogP contribution in [0, 0.1) is 22.7 Å². The number of allylic oxidation sites excluding steroid dienone is 6. The molecule has 0 unspecified atom stereocenters. The third-order valence-electron chi connectivity index (χ3n) is 2.64. The summed E-state index contributed by atoms with van der Waals surface area (Å²) in [6, 6.07) is 4.23. The van der Waals surface area contributed by atoms with Crippen LogP contribution in [0.5, 0.6) is 0 Å². The van der Waals surface area contributed by atoms with Crippen LogP contribution in [0.15, 0.2) is 35.5 Å². The molecule has 0 aliphatic heterocycles. The predicted octanol–water partition coefficient (Wildman–Crippen LogP) is 3.80. The molecule has 0 aromatic heterocycles. The second kappa shape index (κ2) is 7.49. The Kier molecular flexibility index (Phi) is 5.74. The van der Waals surface area contributed by atoms with Crippen molar-refractivity contribution in [1.29, 1.82) is 10.5 Å². The Morgan fingerprint density at radius 3 is 2.50 bits per heavy atom. The summed E-state index contributed by atoms with van der Waals surface area (Å²) >= 11 is 0. The Hall–Kier alpha value is -1.80. The molecule has 0 spiro atoms. The molecule has 0 radical (unpaired) electrons. The fraction of sp³-hybridized carbons (Fsp3) is 0.429. The van der Waals surface area contributed by atoms with Gasteiger partial charge in [0.15, 0.2) is 0 Å². The third-order valence-corrected chi connectivity index (χ3v) is 2.64. The molecule has 82 valence electrons. The summed E-state index contributed by atoms with van der Waals surface area (Å²) in [7, 11) is 0. The maximum absolute atomic E-state index is 8.99. The Morgan fingerprint density at radius 1 is 0.938 bits per heavy atom. The van der Waals surface area contributed by atoms with E-state index in [-0.39, 0.29) is 0 Å². The molecule has 2 nitrogen and oxygen atoms in total. The minimum absolute atomic E-state index is 0.507. The van der Waals surface area contributed by atoms with Gasteiger partial charge in [0.2, 0.25) is 0 Å². The maximum atomic E-state index is 8.99. The first kappa shape index (κ1) is 12.3. The average Bonchev–Trinajstić information content (AvgIpc) is 2.30. The van der Waals surface area contributed by atoms with Gasteiger partial charge in [-0.1, -0.05) is 31.1 Å². The van der Waals surface area contributed by atoms with Crippen molar-refractivity contribution >= 4 is 0 Å². The van der Waals surface area contributed by atoms with Gasteiger partial charge in [-0.15, -0.1) is 0 Å². The molecule has 0 fully saturated rings. The number of rotatable bonds is 0. The summed E-state index contributed by atoms with van der Waals surface area (Å²) in [6.07, 6.45) is 14.0. The average molecular weight is 212 g/mol. The van der Waals surface area contributed by atoms with Gasteiger partial charge in [-0.25, -0.2) is 0 Å². The van der Waals surface area contributed by atoms with Crippen LogP contribution in [0.2, 0.25) is 0 Å². The van der Waals surface area contributed by atoms with Crippen molar-refractivity contribution in [3.05, 3.63) is 35.5 Å². The summed E-state index contributed by atoms with van der Waals surface area (Å²) in [5, 5.41) is 17.9. The Bertz CT molecular complexity index is 386. The molecule has 0 heterocycles. The fourth-order valence-corrected chi connectivity index (χ4v) is 1.70. The van der Waals surface area contributed by atoms with Gasteiger partial charge in [0.25, 0.3) is 0 Å². The third kappa shape index (κ3) is 4.15. The number of nitrogens with zero attached hydrogens (tertiary/aromatic N) is 2. The van der Waals surface area contributed by atoms with E-state index in [1.54, 1.807) is 6.08 Å². The zero-order valence-corrected chi connectivity index (χ0v) is 9.45. The summed E-state index contributed by atoms with van der Waals surface area (Å²) in [5.41, 5.74) is 1.13. The quantitative estimate of drug-likeness (QED) is 0.613. The molecule has 0 aromatic carbocycles. The largest absolute Gasteiger partial charge is 0.193 e. The van der Waals surface area contributed by atoms with E-state index in [0.29, 0.717) is 11.1 Å². The van der Waals surface area contributed by atoms with Crippen molar-refractivity contribution in [3.8, 4) is 12.1 Å². The van der Waals surface area contributed by atoms with Crippen LogP contribution in [0.25, 0.3) is 0 Å². The molecule has 0 atom stereocenters. The van der Waals surface area contributed by atoms with Gasteiger partial charge in [0.1, 0.15) is 6.07 Å². The van der Waals surface area contributed by atoms with E-state index in [2.05, 4.69) is 18.2 Å². The van der Waals surface area contributed by atoms with Crippen LogP contribution in [-0.4, -0.2) is 0 Å². The highest BCUT2D eigenvalue weighted by Crippen LogP contribution is 2.15. The standard InChI is InChI=1S/C14H16N2/c15-11-13-9-7-5-3-1-2-4-6-8-10-14(13)12-16/h3,5,7,9H,1-2,4,6,8,10H2/b5-3-,9-7?,14-13?. The van der Waals surface area contributed by atoms with Crippen molar-refractivity contribution in [1.82, 2.24) is 0 Å². The topological polar surface area (TPSA) is 47.6 Å². The lowest BCUT2D eigenvalue weighted by molar-refractivity contribution is 0.647. The van der Waals surface area contributed by atoms with E-state index in [1.165, 1.54) is 12.8 Å². The molecule has 0 bridgehead atoms. The molecule has 0 N–H and O–H groups in total. The lowest BCUT2D eigenvalue weighted by atomic mass is 10.0. The molecule has 2 heteroatoms. The minimum Gasteiger partial charge on any atom is -0.193 e. The highest BCUT2D eigenvalue weighted by Gasteiger charge is 2.03. The van der Waals surface area contributed by atoms with E-state index in [9.17, 15) is 0 Å². The molecule has 1 rings (SSSR count). The second-order valence-electron chi connectivity index (χ2n) is 3.86. The first-order valence-corrected chi connectivity index (χ1v) is 5.75. The van der Waals surface area contributed by atoms with Gasteiger partial charge in [-0.2, -0.15) is 10.5 Å². The van der Waals surface area contributed by atoms with Crippen LogP contribution in [-0.2, 0) is 0 Å². The van der Waals surface area contributed by atoms with Gasteiger partial charge in [-0.3, -0.25) is 0 Å². The zero-order valence-electron chi connectivity index (χ0n) is 9.45. The highest BCUT2D eigenvalue weighted by atomic mass is 14.3. The Balaban J connectivity index is 2.87. The number of hydrogen-bond acceptors (Lipinski definition) is 2. The molecule has 0 saturated carbocycles. The first-order valence-electron chi connectivity index (χ1n) is 5.75. The van der Waals surface area contributed by atoms with Crippen LogP contribution in [0.1, 0.15) is 38.5 Å². The molecule has 1 aliphatic carbocycles. The summed E-state index contributed by atoms with van der Waals surface area (Å²) in [4.78, 5) is 0. The van der Waals surface area contributed by atoms with Crippen molar-refractivity contribution < 1.29 is 0 Å². The van der Waals surface area contributed by atoms with Gasteiger partial charge in [0.05, 0.1) is 11.6 Å². The molecule has 0 saturated heterocycles. The normalized spacial score (nSPS) is 20.1. The molecule has 1 aliphatic rings. The van der Waals surface area contributed by atoms with Crippen molar-refractivity contribution in [2.45, 2.75) is 38.5 Å². The lowest BCUT2D eigenvalue weighted by Gasteiger charge is -2.01. The molecular weight excluding hydrogens is 196 g/mol. The van der Waals surface area contributed by atoms with Crippen molar-refractivity contribution in [2.24, 2.45) is 0 Å². The minimum atomic E-state index is 0.507. The summed E-state index contributed by atoms with van der Waals surface area (Å²) in [5.74, 6) is 0. The fourth-order valence-electron chi connectivity index (χ4n) is 1.70. The van der Waals surface area contributed by atoms with E-state index >= 15 is 0 Å². The Labute approximate surface area is 97.2 Å². The summed E-state index contributed by atoms with van der Waals surface area (Å²) < 4.78 is 0. The second-order valence-corrected chi connectivity index (χ2v) is 3.86. The molecule has 0 amide bonds. The molecular formula is C14H16N2. The monoisotopic (exact) mass is 212 g/mol. The predicted molar refractivity (Wildman–Crippen MR) is 64.2 cm³/mol. The van der Waals surface area contributed by atoms with E-state index in [0.717, 1.165) is 25.7 Å². The first-order chi connectivity index (χ1) is 7.88. The van der Waals surface area contributed by atoms with Crippen LogP contribution in [0.3, 0.4) is 0 Å². The van der Waals surface area contributed by atoms with E-state index < -0.39 is 0 Å². The van der Waals surface area contributed by atoms with Crippen molar-refractivity contribution in [3.63, 3.8) is 0 Å². The van der Waals surface area contributed by atoms with Crippen LogP contribution < -0.4 is 0 Å². The lowest BCUT2D eigenvalue weighted by Crippen LogP contribution is -1.88.